The van der Waals surface area contributed by atoms with Gasteiger partial charge in [0.1, 0.15) is 12.7 Å². The van der Waals surface area contributed by atoms with Crippen LogP contribution in [0, 0.1) is 0 Å². The van der Waals surface area contributed by atoms with Crippen molar-refractivity contribution in [3.8, 4) is 11.1 Å². The largest absolute Gasteiger partial charge is 0.447 e. The number of imide groups is 1. The van der Waals surface area contributed by atoms with Gasteiger partial charge in [-0.05, 0) is 53.5 Å². The summed E-state index contributed by atoms with van der Waals surface area (Å²) in [7, 11) is 1.85. The molecule has 3 atom stereocenters. The number of hydrogen-bond donors (Lipinski definition) is 1. The van der Waals surface area contributed by atoms with Crippen LogP contribution >= 0.6 is 11.3 Å². The maximum atomic E-state index is 13.6. The molecule has 1 aliphatic rings. The lowest BCUT2D eigenvalue weighted by atomic mass is 9.99. The van der Waals surface area contributed by atoms with Crippen molar-refractivity contribution in [3.05, 3.63) is 82.0 Å². The molecule has 2 heterocycles. The van der Waals surface area contributed by atoms with Gasteiger partial charge in [0.05, 0.1) is 12.6 Å². The van der Waals surface area contributed by atoms with E-state index >= 15 is 0 Å². The number of carbonyl (C=O) groups is 3. The van der Waals surface area contributed by atoms with E-state index < -0.39 is 30.3 Å². The van der Waals surface area contributed by atoms with Crippen LogP contribution in [0.4, 0.5) is 4.79 Å². The molecule has 0 aliphatic carbocycles. The van der Waals surface area contributed by atoms with Gasteiger partial charge in [0.15, 0.2) is 6.10 Å². The number of amides is 3. The second kappa shape index (κ2) is 16.5. The van der Waals surface area contributed by atoms with Crippen LogP contribution in [0.25, 0.3) is 11.1 Å². The molecule has 44 heavy (non-hydrogen) atoms. The lowest BCUT2D eigenvalue weighted by Gasteiger charge is -2.28. The van der Waals surface area contributed by atoms with E-state index in [1.54, 1.807) is 35.3 Å². The Labute approximate surface area is 264 Å². The molecule has 3 aromatic rings. The first-order chi connectivity index (χ1) is 21.3. The number of ether oxygens (including phenoxy) is 2. The molecule has 8 nitrogen and oxygen atoms in total. The topological polar surface area (TPSA) is 96.4 Å². The first kappa shape index (κ1) is 33.4. The van der Waals surface area contributed by atoms with Gasteiger partial charge in [-0.2, -0.15) is 0 Å². The fourth-order valence-electron chi connectivity index (χ4n) is 5.44. The Morgan fingerprint density at radius 2 is 1.77 bits per heavy atom. The predicted octanol–water partition coefficient (Wildman–Crippen LogP) is 6.76. The first-order valence-electron chi connectivity index (χ1n) is 15.6. The summed E-state index contributed by atoms with van der Waals surface area (Å²) in [4.78, 5) is 42.7. The summed E-state index contributed by atoms with van der Waals surface area (Å²) in [5.41, 5.74) is 3.46. The molecule has 0 bridgehead atoms. The molecule has 9 heteroatoms. The van der Waals surface area contributed by atoms with Crippen LogP contribution in [0.1, 0.15) is 74.5 Å². The Kier molecular flexibility index (Phi) is 12.5. The highest BCUT2D eigenvalue weighted by Gasteiger charge is 2.43. The van der Waals surface area contributed by atoms with Crippen molar-refractivity contribution in [1.29, 1.82) is 0 Å². The SMILES string of the molecule is CCCCCCCC(=O)N(C)Cc1cc(-c2ccc(C(O)C(OCC)C(=O)N3C(=O)OCC3Cc3ccccc3)cc2)cs1. The van der Waals surface area contributed by atoms with Crippen molar-refractivity contribution in [2.45, 2.75) is 83.6 Å². The molecular formula is C35H44N2O6S. The highest BCUT2D eigenvalue weighted by atomic mass is 32.1. The molecule has 2 aromatic carbocycles. The van der Waals surface area contributed by atoms with Crippen LogP contribution in [0.3, 0.4) is 0 Å². The molecule has 1 aliphatic heterocycles. The fourth-order valence-corrected chi connectivity index (χ4v) is 6.38. The molecule has 0 saturated carbocycles. The molecular weight excluding hydrogens is 576 g/mol. The van der Waals surface area contributed by atoms with Gasteiger partial charge >= 0.3 is 6.09 Å². The third-order valence-corrected chi connectivity index (χ3v) is 8.86. The van der Waals surface area contributed by atoms with Crippen LogP contribution < -0.4 is 0 Å². The van der Waals surface area contributed by atoms with Crippen molar-refractivity contribution >= 4 is 29.2 Å². The number of carbonyl (C=O) groups excluding carboxylic acids is 3. The van der Waals surface area contributed by atoms with Crippen molar-refractivity contribution < 1.29 is 29.0 Å². The molecule has 1 saturated heterocycles. The third kappa shape index (κ3) is 8.77. The van der Waals surface area contributed by atoms with E-state index in [0.29, 0.717) is 24.9 Å². The number of aliphatic hydroxyl groups is 1. The Bertz CT molecular complexity index is 1360. The van der Waals surface area contributed by atoms with E-state index in [1.807, 2.05) is 49.5 Å². The first-order valence-corrected chi connectivity index (χ1v) is 16.4. The number of rotatable bonds is 16. The second-order valence-electron chi connectivity index (χ2n) is 11.3. The molecule has 236 valence electrons. The van der Waals surface area contributed by atoms with Gasteiger partial charge in [0.25, 0.3) is 5.91 Å². The molecule has 1 aromatic heterocycles. The predicted molar refractivity (Wildman–Crippen MR) is 172 cm³/mol. The summed E-state index contributed by atoms with van der Waals surface area (Å²) in [6, 6.07) is 18.5. The van der Waals surface area contributed by atoms with Gasteiger partial charge in [0, 0.05) is 25.0 Å². The van der Waals surface area contributed by atoms with Crippen LogP contribution in [0.5, 0.6) is 0 Å². The van der Waals surface area contributed by atoms with Gasteiger partial charge in [-0.1, -0.05) is 87.2 Å². The van der Waals surface area contributed by atoms with Crippen LogP contribution in [-0.2, 0) is 32.0 Å². The molecule has 1 fully saturated rings. The molecule has 0 radical (unpaired) electrons. The minimum atomic E-state index is -1.28. The monoisotopic (exact) mass is 620 g/mol. The van der Waals surface area contributed by atoms with Crippen LogP contribution in [0.2, 0.25) is 0 Å². The minimum Gasteiger partial charge on any atom is -0.447 e. The third-order valence-electron chi connectivity index (χ3n) is 7.94. The summed E-state index contributed by atoms with van der Waals surface area (Å²) in [5.74, 6) is -0.448. The zero-order valence-electron chi connectivity index (χ0n) is 25.9. The second-order valence-corrected chi connectivity index (χ2v) is 12.3. The lowest BCUT2D eigenvalue weighted by molar-refractivity contribution is -0.149. The van der Waals surface area contributed by atoms with E-state index in [2.05, 4.69) is 18.4 Å². The summed E-state index contributed by atoms with van der Waals surface area (Å²) in [6.07, 6.45) is 3.40. The van der Waals surface area contributed by atoms with Gasteiger partial charge in [-0.3, -0.25) is 9.59 Å². The Balaban J connectivity index is 1.38. The quantitative estimate of drug-likeness (QED) is 0.178. The highest BCUT2D eigenvalue weighted by molar-refractivity contribution is 7.10. The smallest absolute Gasteiger partial charge is 0.417 e. The maximum absolute atomic E-state index is 13.6. The number of nitrogens with zero attached hydrogens (tertiary/aromatic N) is 2. The van der Waals surface area contributed by atoms with Gasteiger partial charge in [-0.15, -0.1) is 11.3 Å². The molecule has 3 unspecified atom stereocenters. The summed E-state index contributed by atoms with van der Waals surface area (Å²) in [5, 5.41) is 13.3. The average Bonchev–Trinajstić information content (AvgIpc) is 3.65. The van der Waals surface area contributed by atoms with E-state index in [-0.39, 0.29) is 19.1 Å². The lowest BCUT2D eigenvalue weighted by Crippen LogP contribution is -2.48. The average molecular weight is 621 g/mol. The Morgan fingerprint density at radius 1 is 1.05 bits per heavy atom. The zero-order valence-corrected chi connectivity index (χ0v) is 26.8. The number of benzene rings is 2. The zero-order chi connectivity index (χ0) is 31.5. The summed E-state index contributed by atoms with van der Waals surface area (Å²) >= 11 is 1.61. The normalized spacial score (nSPS) is 16.0. The molecule has 1 N–H and O–H groups in total. The highest BCUT2D eigenvalue weighted by Crippen LogP contribution is 2.30. The number of unbranched alkanes of at least 4 members (excludes halogenated alkanes) is 4. The molecule has 4 rings (SSSR count). The summed E-state index contributed by atoms with van der Waals surface area (Å²) in [6.45, 7) is 4.77. The standard InChI is InChI=1S/C35H44N2O6S/c1-4-6-7-8-12-15-31(38)36(3)22-30-21-28(24-44-30)26-16-18-27(19-17-26)32(39)33(42-5-2)34(40)37-29(23-43-35(37)41)20-25-13-10-9-11-14-25/h9-11,13-14,16-19,21,24,29,32-33,39H,4-8,12,15,20,22-23H2,1-3H3. The van der Waals surface area contributed by atoms with Crippen molar-refractivity contribution in [3.63, 3.8) is 0 Å². The van der Waals surface area contributed by atoms with Crippen LogP contribution in [-0.4, -0.2) is 65.2 Å². The van der Waals surface area contributed by atoms with Crippen LogP contribution in [0.15, 0.2) is 66.0 Å². The number of cyclic esters (lactones) is 1. The molecule has 0 spiro atoms. The van der Waals surface area contributed by atoms with Crippen molar-refractivity contribution in [2.75, 3.05) is 20.3 Å². The number of hydrogen-bond acceptors (Lipinski definition) is 7. The Morgan fingerprint density at radius 3 is 2.48 bits per heavy atom. The van der Waals surface area contributed by atoms with Crippen molar-refractivity contribution in [2.24, 2.45) is 0 Å². The summed E-state index contributed by atoms with van der Waals surface area (Å²) < 4.78 is 10.9. The Hall–Kier alpha value is -3.53. The van der Waals surface area contributed by atoms with Gasteiger partial charge < -0.3 is 19.5 Å². The van der Waals surface area contributed by atoms with Crippen molar-refractivity contribution in [1.82, 2.24) is 9.80 Å². The van der Waals surface area contributed by atoms with E-state index in [9.17, 15) is 19.5 Å². The van der Waals surface area contributed by atoms with Gasteiger partial charge in [-0.25, -0.2) is 9.69 Å². The maximum Gasteiger partial charge on any atom is 0.417 e. The molecule has 3 amide bonds. The van der Waals surface area contributed by atoms with E-state index in [0.717, 1.165) is 39.3 Å². The fraction of sp³-hybridized carbons (Fsp3) is 0.457. The van der Waals surface area contributed by atoms with E-state index in [4.69, 9.17) is 9.47 Å². The van der Waals surface area contributed by atoms with Gasteiger partial charge in [0.2, 0.25) is 5.91 Å². The van der Waals surface area contributed by atoms with E-state index in [1.165, 1.54) is 19.3 Å². The minimum absolute atomic E-state index is 0.0920. The number of thiophene rings is 1. The number of aliphatic hydroxyl groups excluding tert-OH is 1.